The Morgan fingerprint density at radius 2 is 2.00 bits per heavy atom. The lowest BCUT2D eigenvalue weighted by molar-refractivity contribution is -0.144. The highest BCUT2D eigenvalue weighted by Crippen LogP contribution is 2.45. The summed E-state index contributed by atoms with van der Waals surface area (Å²) in [5.41, 5.74) is 2.16. The summed E-state index contributed by atoms with van der Waals surface area (Å²) >= 11 is 0. The van der Waals surface area contributed by atoms with Gasteiger partial charge in [0.15, 0.2) is 0 Å². The van der Waals surface area contributed by atoms with Gasteiger partial charge in [-0.2, -0.15) is 0 Å². The Morgan fingerprint density at radius 1 is 1.29 bits per heavy atom. The second-order valence-corrected chi connectivity index (χ2v) is 6.53. The van der Waals surface area contributed by atoms with Gasteiger partial charge < -0.3 is 10.0 Å². The lowest BCUT2D eigenvalue weighted by atomic mass is 9.63. The number of aliphatic hydroxyl groups is 1. The quantitative estimate of drug-likeness (QED) is 0.928. The lowest BCUT2D eigenvalue weighted by Crippen LogP contribution is -2.54. The Balaban J connectivity index is 1.83. The van der Waals surface area contributed by atoms with Crippen molar-refractivity contribution in [3.8, 4) is 0 Å². The van der Waals surface area contributed by atoms with E-state index in [1.54, 1.807) is 0 Å². The largest absolute Gasteiger partial charge is 0.391 e. The van der Waals surface area contributed by atoms with E-state index in [1.807, 2.05) is 4.90 Å². The maximum absolute atomic E-state index is 13.0. The first kappa shape index (κ1) is 14.6. The first-order valence-electron chi connectivity index (χ1n) is 8.22. The molecule has 0 aromatic heterocycles. The molecule has 0 spiro atoms. The Hall–Kier alpha value is -1.35. The van der Waals surface area contributed by atoms with Crippen LogP contribution >= 0.6 is 0 Å². The molecule has 1 aromatic carbocycles. The normalized spacial score (nSPS) is 24.5. The summed E-state index contributed by atoms with van der Waals surface area (Å²) in [7, 11) is 0. The molecule has 1 N–H and O–H groups in total. The number of hydrogen-bond acceptors (Lipinski definition) is 2. The molecule has 1 unspecified atom stereocenters. The molecule has 1 amide bonds. The monoisotopic (exact) mass is 287 g/mol. The molecule has 3 nitrogen and oxygen atoms in total. The van der Waals surface area contributed by atoms with Crippen molar-refractivity contribution < 1.29 is 9.90 Å². The van der Waals surface area contributed by atoms with Crippen molar-refractivity contribution in [3.05, 3.63) is 35.4 Å². The first-order chi connectivity index (χ1) is 10.2. The molecule has 1 aromatic rings. The second kappa shape index (κ2) is 5.80. The molecule has 1 aliphatic carbocycles. The number of likely N-dealkylation sites (tertiary alicyclic amines) is 1. The molecule has 1 atom stereocenters. The summed E-state index contributed by atoms with van der Waals surface area (Å²) in [5.74, 6) is 0.233. The van der Waals surface area contributed by atoms with Gasteiger partial charge in [0.1, 0.15) is 0 Å². The Bertz CT molecular complexity index is 504. The molecule has 0 bridgehead atoms. The second-order valence-electron chi connectivity index (χ2n) is 6.53. The average Bonchev–Trinajstić information content (AvgIpc) is 2.47. The predicted octanol–water partition coefficient (Wildman–Crippen LogP) is 2.65. The number of aliphatic hydroxyl groups excluding tert-OH is 1. The molecule has 1 saturated carbocycles. The van der Waals surface area contributed by atoms with Gasteiger partial charge in [0.2, 0.25) is 5.91 Å². The fourth-order valence-corrected chi connectivity index (χ4v) is 3.66. The van der Waals surface area contributed by atoms with Crippen molar-refractivity contribution in [1.29, 1.82) is 0 Å². The van der Waals surface area contributed by atoms with E-state index in [1.165, 1.54) is 5.56 Å². The maximum Gasteiger partial charge on any atom is 0.233 e. The fraction of sp³-hybridized carbons (Fsp3) is 0.611. The van der Waals surface area contributed by atoms with Crippen LogP contribution in [0.15, 0.2) is 24.3 Å². The van der Waals surface area contributed by atoms with E-state index in [4.69, 9.17) is 0 Å². The third kappa shape index (κ3) is 2.59. The SMILES string of the molecule is CCc1ccc(C2(C(=O)N3CCCC(O)C3)CCC2)cc1. The topological polar surface area (TPSA) is 40.5 Å². The number of aryl methyl sites for hydroxylation is 1. The molecule has 2 aliphatic rings. The van der Waals surface area contributed by atoms with Crippen LogP contribution in [0.3, 0.4) is 0 Å². The van der Waals surface area contributed by atoms with Gasteiger partial charge in [0, 0.05) is 13.1 Å². The van der Waals surface area contributed by atoms with E-state index >= 15 is 0 Å². The number of benzene rings is 1. The van der Waals surface area contributed by atoms with Gasteiger partial charge in [0.25, 0.3) is 0 Å². The standard InChI is InChI=1S/C18H25NO2/c1-2-14-6-8-15(9-7-14)18(10-4-11-18)17(21)19-12-3-5-16(20)13-19/h6-9,16,20H,2-5,10-13H2,1H3. The van der Waals surface area contributed by atoms with E-state index < -0.39 is 0 Å². The summed E-state index contributed by atoms with van der Waals surface area (Å²) in [5, 5.41) is 9.83. The number of amides is 1. The van der Waals surface area contributed by atoms with Crippen molar-refractivity contribution in [2.24, 2.45) is 0 Å². The van der Waals surface area contributed by atoms with Gasteiger partial charge in [-0.15, -0.1) is 0 Å². The molecule has 3 heteroatoms. The van der Waals surface area contributed by atoms with Gasteiger partial charge in [-0.3, -0.25) is 4.79 Å². The number of β-amino-alcohol motifs (C(OH)–C–C–N with tert-alkyl or cyclic N) is 1. The van der Waals surface area contributed by atoms with E-state index in [0.29, 0.717) is 6.54 Å². The number of carbonyl (C=O) groups is 1. The van der Waals surface area contributed by atoms with Gasteiger partial charge in [-0.05, 0) is 43.2 Å². The average molecular weight is 287 g/mol. The van der Waals surface area contributed by atoms with Crippen molar-refractivity contribution in [1.82, 2.24) is 4.90 Å². The zero-order valence-corrected chi connectivity index (χ0v) is 12.8. The van der Waals surface area contributed by atoms with Crippen LogP contribution in [0.1, 0.15) is 50.2 Å². The predicted molar refractivity (Wildman–Crippen MR) is 83.2 cm³/mol. The molecule has 3 rings (SSSR count). The number of hydrogen-bond donors (Lipinski definition) is 1. The molecular formula is C18H25NO2. The zero-order chi connectivity index (χ0) is 14.9. The van der Waals surface area contributed by atoms with Crippen LogP contribution in [0.25, 0.3) is 0 Å². The zero-order valence-electron chi connectivity index (χ0n) is 12.8. The van der Waals surface area contributed by atoms with Crippen LogP contribution in [-0.2, 0) is 16.6 Å². The maximum atomic E-state index is 13.0. The van der Waals surface area contributed by atoms with Crippen LogP contribution in [-0.4, -0.2) is 35.1 Å². The van der Waals surface area contributed by atoms with Crippen molar-refractivity contribution >= 4 is 5.91 Å². The smallest absolute Gasteiger partial charge is 0.233 e. The summed E-state index contributed by atoms with van der Waals surface area (Å²) < 4.78 is 0. The van der Waals surface area contributed by atoms with Gasteiger partial charge in [-0.1, -0.05) is 37.6 Å². The highest BCUT2D eigenvalue weighted by Gasteiger charge is 2.48. The van der Waals surface area contributed by atoms with Gasteiger partial charge >= 0.3 is 0 Å². The van der Waals surface area contributed by atoms with Crippen LogP contribution < -0.4 is 0 Å². The summed E-state index contributed by atoms with van der Waals surface area (Å²) in [6, 6.07) is 8.56. The summed E-state index contributed by atoms with van der Waals surface area (Å²) in [6.45, 7) is 3.45. The molecule has 0 radical (unpaired) electrons. The van der Waals surface area contributed by atoms with Crippen LogP contribution in [0.2, 0.25) is 0 Å². The van der Waals surface area contributed by atoms with Gasteiger partial charge in [-0.25, -0.2) is 0 Å². The molecular weight excluding hydrogens is 262 g/mol. The lowest BCUT2D eigenvalue weighted by Gasteiger charge is -2.45. The fourth-order valence-electron chi connectivity index (χ4n) is 3.66. The van der Waals surface area contributed by atoms with Gasteiger partial charge in [0.05, 0.1) is 11.5 Å². The molecule has 2 fully saturated rings. The third-order valence-electron chi connectivity index (χ3n) is 5.21. The summed E-state index contributed by atoms with van der Waals surface area (Å²) in [6.07, 6.45) is 5.44. The Kier molecular flexibility index (Phi) is 4.03. The van der Waals surface area contributed by atoms with Crippen molar-refractivity contribution in [2.75, 3.05) is 13.1 Å². The van der Waals surface area contributed by atoms with E-state index in [0.717, 1.165) is 50.6 Å². The number of nitrogens with zero attached hydrogens (tertiary/aromatic N) is 1. The van der Waals surface area contributed by atoms with E-state index in [2.05, 4.69) is 31.2 Å². The van der Waals surface area contributed by atoms with E-state index in [9.17, 15) is 9.90 Å². The third-order valence-corrected chi connectivity index (χ3v) is 5.21. The van der Waals surface area contributed by atoms with Crippen molar-refractivity contribution in [3.63, 3.8) is 0 Å². The van der Waals surface area contributed by atoms with Crippen LogP contribution in [0.4, 0.5) is 0 Å². The summed E-state index contributed by atoms with van der Waals surface area (Å²) in [4.78, 5) is 14.9. The molecule has 1 heterocycles. The van der Waals surface area contributed by atoms with E-state index in [-0.39, 0.29) is 17.4 Å². The Labute approximate surface area is 127 Å². The number of rotatable bonds is 3. The molecule has 21 heavy (non-hydrogen) atoms. The first-order valence-corrected chi connectivity index (χ1v) is 8.22. The number of carbonyl (C=O) groups excluding carboxylic acids is 1. The number of piperidine rings is 1. The highest BCUT2D eigenvalue weighted by molar-refractivity contribution is 5.89. The minimum Gasteiger partial charge on any atom is -0.391 e. The van der Waals surface area contributed by atoms with Crippen LogP contribution in [0.5, 0.6) is 0 Å². The molecule has 1 saturated heterocycles. The minimum absolute atomic E-state index is 0.233. The van der Waals surface area contributed by atoms with Crippen molar-refractivity contribution in [2.45, 2.75) is 57.0 Å². The minimum atomic E-state index is -0.345. The Morgan fingerprint density at radius 3 is 2.52 bits per heavy atom. The highest BCUT2D eigenvalue weighted by atomic mass is 16.3. The molecule has 1 aliphatic heterocycles. The molecule has 114 valence electrons. The van der Waals surface area contributed by atoms with Crippen LogP contribution in [0, 0.1) is 0 Å².